The molecule has 22 heavy (non-hydrogen) atoms. The summed E-state index contributed by atoms with van der Waals surface area (Å²) in [5.41, 5.74) is 0.392. The molecule has 0 amide bonds. The Morgan fingerprint density at radius 2 is 2.09 bits per heavy atom. The van der Waals surface area contributed by atoms with E-state index in [0.717, 1.165) is 26.3 Å². The van der Waals surface area contributed by atoms with E-state index in [1.54, 1.807) is 25.3 Å². The second-order valence-corrected chi connectivity index (χ2v) is 4.86. The summed E-state index contributed by atoms with van der Waals surface area (Å²) in [6.07, 6.45) is 0. The molecule has 1 saturated heterocycles. The van der Waals surface area contributed by atoms with Crippen molar-refractivity contribution in [1.82, 2.24) is 4.90 Å². The molecular formula is C16H23NO5. The van der Waals surface area contributed by atoms with E-state index in [0.29, 0.717) is 36.8 Å². The number of rotatable bonds is 7. The third-order valence-corrected chi connectivity index (χ3v) is 3.45. The quantitative estimate of drug-likeness (QED) is 0.713. The van der Waals surface area contributed by atoms with Crippen LogP contribution in [0.2, 0.25) is 0 Å². The zero-order chi connectivity index (χ0) is 15.8. The third kappa shape index (κ3) is 4.35. The van der Waals surface area contributed by atoms with E-state index >= 15 is 0 Å². The summed E-state index contributed by atoms with van der Waals surface area (Å²) in [5.74, 6) is 0.573. The van der Waals surface area contributed by atoms with Crippen LogP contribution in [0.25, 0.3) is 0 Å². The highest BCUT2D eigenvalue weighted by molar-refractivity contribution is 5.93. The van der Waals surface area contributed by atoms with Crippen molar-refractivity contribution >= 4 is 5.97 Å². The van der Waals surface area contributed by atoms with Gasteiger partial charge in [-0.25, -0.2) is 4.79 Å². The summed E-state index contributed by atoms with van der Waals surface area (Å²) in [4.78, 5) is 14.5. The Balaban J connectivity index is 1.93. The monoisotopic (exact) mass is 309 g/mol. The van der Waals surface area contributed by atoms with Crippen LogP contribution in [0.4, 0.5) is 0 Å². The second kappa shape index (κ2) is 8.60. The fraction of sp³-hybridized carbons (Fsp3) is 0.562. The van der Waals surface area contributed by atoms with Crippen LogP contribution in [-0.4, -0.2) is 64.0 Å². The van der Waals surface area contributed by atoms with Crippen LogP contribution in [-0.2, 0) is 9.47 Å². The van der Waals surface area contributed by atoms with Gasteiger partial charge in [0.2, 0.25) is 0 Å². The fourth-order valence-corrected chi connectivity index (χ4v) is 2.30. The Morgan fingerprint density at radius 3 is 2.77 bits per heavy atom. The first kappa shape index (κ1) is 16.6. The maximum Gasteiger partial charge on any atom is 0.342 e. The molecule has 0 bridgehead atoms. The van der Waals surface area contributed by atoms with Crippen molar-refractivity contribution in [2.45, 2.75) is 6.92 Å². The average Bonchev–Trinajstić information content (AvgIpc) is 2.56. The van der Waals surface area contributed by atoms with Gasteiger partial charge in [0.15, 0.2) is 11.5 Å². The normalized spacial score (nSPS) is 15.4. The SMILES string of the molecule is CCOc1c(OC)cccc1C(=O)OCCN1CCOCC1. The number of hydrogen-bond acceptors (Lipinski definition) is 6. The topological polar surface area (TPSA) is 57.2 Å². The molecule has 0 radical (unpaired) electrons. The number of nitrogens with zero attached hydrogens (tertiary/aromatic N) is 1. The maximum absolute atomic E-state index is 12.2. The molecule has 6 nitrogen and oxygen atoms in total. The lowest BCUT2D eigenvalue weighted by atomic mass is 10.2. The number of hydrogen-bond donors (Lipinski definition) is 0. The van der Waals surface area contributed by atoms with Gasteiger partial charge in [0.25, 0.3) is 0 Å². The van der Waals surface area contributed by atoms with Crippen LogP contribution in [0.1, 0.15) is 17.3 Å². The number of methoxy groups -OCH3 is 1. The number of esters is 1. The Labute approximate surface area is 130 Å². The van der Waals surface area contributed by atoms with Gasteiger partial charge in [-0.15, -0.1) is 0 Å². The maximum atomic E-state index is 12.2. The minimum Gasteiger partial charge on any atom is -0.493 e. The molecule has 2 rings (SSSR count). The fourth-order valence-electron chi connectivity index (χ4n) is 2.30. The summed E-state index contributed by atoms with van der Waals surface area (Å²) in [5, 5.41) is 0. The van der Waals surface area contributed by atoms with Crippen molar-refractivity contribution in [2.24, 2.45) is 0 Å². The Morgan fingerprint density at radius 1 is 1.32 bits per heavy atom. The molecule has 122 valence electrons. The average molecular weight is 309 g/mol. The van der Waals surface area contributed by atoms with Crippen LogP contribution in [0.3, 0.4) is 0 Å². The molecule has 6 heteroatoms. The lowest BCUT2D eigenvalue weighted by Crippen LogP contribution is -2.38. The minimum absolute atomic E-state index is 0.349. The summed E-state index contributed by atoms with van der Waals surface area (Å²) in [6.45, 7) is 6.59. The highest BCUT2D eigenvalue weighted by atomic mass is 16.5. The zero-order valence-electron chi connectivity index (χ0n) is 13.2. The van der Waals surface area contributed by atoms with Gasteiger partial charge in [-0.3, -0.25) is 4.90 Å². The molecule has 0 saturated carbocycles. The van der Waals surface area contributed by atoms with Crippen molar-refractivity contribution in [1.29, 1.82) is 0 Å². The number of benzene rings is 1. The smallest absolute Gasteiger partial charge is 0.342 e. The van der Waals surface area contributed by atoms with E-state index in [4.69, 9.17) is 18.9 Å². The highest BCUT2D eigenvalue weighted by Crippen LogP contribution is 2.31. The molecular weight excluding hydrogens is 286 g/mol. The number of carbonyl (C=O) groups is 1. The molecule has 0 aromatic heterocycles. The van der Waals surface area contributed by atoms with Gasteiger partial charge in [-0.05, 0) is 19.1 Å². The van der Waals surface area contributed by atoms with Crippen molar-refractivity contribution in [3.63, 3.8) is 0 Å². The molecule has 0 aliphatic carbocycles. The van der Waals surface area contributed by atoms with E-state index in [1.165, 1.54) is 0 Å². The first-order valence-electron chi connectivity index (χ1n) is 7.53. The van der Waals surface area contributed by atoms with Crippen LogP contribution in [0.15, 0.2) is 18.2 Å². The number of morpholine rings is 1. The lowest BCUT2D eigenvalue weighted by Gasteiger charge is -2.26. The molecule has 1 aliphatic rings. The molecule has 1 aliphatic heterocycles. The first-order chi connectivity index (χ1) is 10.8. The van der Waals surface area contributed by atoms with E-state index in [-0.39, 0.29) is 0 Å². The van der Waals surface area contributed by atoms with Crippen LogP contribution < -0.4 is 9.47 Å². The first-order valence-corrected chi connectivity index (χ1v) is 7.53. The predicted molar refractivity (Wildman–Crippen MR) is 81.7 cm³/mol. The molecule has 0 spiro atoms. The zero-order valence-corrected chi connectivity index (χ0v) is 13.2. The van der Waals surface area contributed by atoms with Gasteiger partial charge in [-0.1, -0.05) is 6.07 Å². The van der Waals surface area contributed by atoms with Crippen molar-refractivity contribution in [3.8, 4) is 11.5 Å². The largest absolute Gasteiger partial charge is 0.493 e. The van der Waals surface area contributed by atoms with Gasteiger partial charge in [-0.2, -0.15) is 0 Å². The van der Waals surface area contributed by atoms with E-state index in [2.05, 4.69) is 4.90 Å². The Kier molecular flexibility index (Phi) is 6.48. The minimum atomic E-state index is -0.393. The standard InChI is InChI=1S/C16H23NO5/c1-3-21-15-13(5-4-6-14(15)19-2)16(18)22-12-9-17-7-10-20-11-8-17/h4-6H,3,7-12H2,1-2H3. The summed E-state index contributed by atoms with van der Waals surface area (Å²) in [7, 11) is 1.55. The van der Waals surface area contributed by atoms with Crippen molar-refractivity contribution < 1.29 is 23.7 Å². The van der Waals surface area contributed by atoms with Gasteiger partial charge < -0.3 is 18.9 Å². The van der Waals surface area contributed by atoms with Gasteiger partial charge in [0.1, 0.15) is 12.2 Å². The van der Waals surface area contributed by atoms with Gasteiger partial charge in [0.05, 0.1) is 26.9 Å². The summed E-state index contributed by atoms with van der Waals surface area (Å²) < 4.78 is 21.4. The second-order valence-electron chi connectivity index (χ2n) is 4.86. The molecule has 1 fully saturated rings. The predicted octanol–water partition coefficient (Wildman–Crippen LogP) is 1.58. The summed E-state index contributed by atoms with van der Waals surface area (Å²) >= 11 is 0. The van der Waals surface area contributed by atoms with Gasteiger partial charge >= 0.3 is 5.97 Å². The van der Waals surface area contributed by atoms with E-state index < -0.39 is 5.97 Å². The third-order valence-electron chi connectivity index (χ3n) is 3.45. The molecule has 0 atom stereocenters. The van der Waals surface area contributed by atoms with Gasteiger partial charge in [0, 0.05) is 19.6 Å². The highest BCUT2D eigenvalue weighted by Gasteiger charge is 2.18. The van der Waals surface area contributed by atoms with Crippen LogP contribution >= 0.6 is 0 Å². The van der Waals surface area contributed by atoms with Crippen LogP contribution in [0.5, 0.6) is 11.5 Å². The Bertz CT molecular complexity index is 485. The van der Waals surface area contributed by atoms with Crippen LogP contribution in [0, 0.1) is 0 Å². The number of ether oxygens (including phenoxy) is 4. The number of para-hydroxylation sites is 1. The molecule has 0 N–H and O–H groups in total. The Hall–Kier alpha value is -1.79. The van der Waals surface area contributed by atoms with Crippen molar-refractivity contribution in [2.75, 3.05) is 53.2 Å². The molecule has 1 aromatic rings. The van der Waals surface area contributed by atoms with E-state index in [1.807, 2.05) is 6.92 Å². The van der Waals surface area contributed by atoms with Crippen molar-refractivity contribution in [3.05, 3.63) is 23.8 Å². The number of carbonyl (C=O) groups excluding carboxylic acids is 1. The lowest BCUT2D eigenvalue weighted by molar-refractivity contribution is 0.0194. The molecule has 0 unspecified atom stereocenters. The molecule has 1 heterocycles. The van der Waals surface area contributed by atoms with E-state index in [9.17, 15) is 4.79 Å². The summed E-state index contributed by atoms with van der Waals surface area (Å²) in [6, 6.07) is 5.19. The molecule has 1 aromatic carbocycles.